The molecule has 0 amide bonds. The molecule has 0 aliphatic rings. The van der Waals surface area contributed by atoms with E-state index in [-0.39, 0.29) is 0 Å². The van der Waals surface area contributed by atoms with Crippen molar-refractivity contribution in [1.29, 1.82) is 0 Å². The van der Waals surface area contributed by atoms with Gasteiger partial charge in [0, 0.05) is 23.3 Å². The molecule has 0 fully saturated rings. The van der Waals surface area contributed by atoms with Crippen molar-refractivity contribution in [2.45, 2.75) is 6.92 Å². The van der Waals surface area contributed by atoms with Gasteiger partial charge in [-0.3, -0.25) is 0 Å². The van der Waals surface area contributed by atoms with Crippen molar-refractivity contribution in [2.75, 3.05) is 6.61 Å². The van der Waals surface area contributed by atoms with E-state index in [9.17, 15) is 0 Å². The molecule has 0 unspecified atom stereocenters. The SMILES string of the molecule is CCOc1ccc(-c2cc(-c3ccccc3)cc(-c3ccccc3)[s+]2)cc1. The lowest BCUT2D eigenvalue weighted by atomic mass is 10.0. The molecule has 0 radical (unpaired) electrons. The molecule has 0 atom stereocenters. The highest BCUT2D eigenvalue weighted by molar-refractivity contribution is 7.18. The Morgan fingerprint density at radius 1 is 0.593 bits per heavy atom. The minimum absolute atomic E-state index is 0.684. The fourth-order valence-electron chi connectivity index (χ4n) is 3.07. The van der Waals surface area contributed by atoms with E-state index in [2.05, 4.69) is 84.9 Å². The number of rotatable bonds is 5. The highest BCUT2D eigenvalue weighted by Gasteiger charge is 2.19. The van der Waals surface area contributed by atoms with Crippen molar-refractivity contribution in [2.24, 2.45) is 0 Å². The highest BCUT2D eigenvalue weighted by Crippen LogP contribution is 2.37. The van der Waals surface area contributed by atoms with Crippen LogP contribution in [0.25, 0.3) is 32.0 Å². The Balaban J connectivity index is 1.83. The summed E-state index contributed by atoms with van der Waals surface area (Å²) in [6.07, 6.45) is 0. The maximum atomic E-state index is 5.59. The van der Waals surface area contributed by atoms with Crippen molar-refractivity contribution in [3.63, 3.8) is 0 Å². The zero-order chi connectivity index (χ0) is 18.5. The van der Waals surface area contributed by atoms with Gasteiger partial charge in [-0.2, -0.15) is 0 Å². The summed E-state index contributed by atoms with van der Waals surface area (Å²) in [6, 6.07) is 34.1. The average Bonchev–Trinajstić information content (AvgIpc) is 2.75. The summed E-state index contributed by atoms with van der Waals surface area (Å²) in [5.74, 6) is 0.911. The van der Waals surface area contributed by atoms with Gasteiger partial charge < -0.3 is 4.74 Å². The molecular formula is C25H21OS+. The Morgan fingerprint density at radius 3 is 1.67 bits per heavy atom. The number of hydrogen-bond acceptors (Lipinski definition) is 1. The normalized spacial score (nSPS) is 10.6. The Morgan fingerprint density at radius 2 is 1.11 bits per heavy atom. The van der Waals surface area contributed by atoms with E-state index in [4.69, 9.17) is 4.74 Å². The largest absolute Gasteiger partial charge is 0.494 e. The van der Waals surface area contributed by atoms with Crippen LogP contribution in [0.5, 0.6) is 5.75 Å². The molecule has 132 valence electrons. The average molecular weight is 370 g/mol. The zero-order valence-corrected chi connectivity index (χ0v) is 16.1. The first-order valence-corrected chi connectivity index (χ1v) is 9.97. The van der Waals surface area contributed by atoms with Gasteiger partial charge >= 0.3 is 0 Å². The van der Waals surface area contributed by atoms with Gasteiger partial charge in [-0.05, 0) is 54.4 Å². The third kappa shape index (κ3) is 4.07. The summed E-state index contributed by atoms with van der Waals surface area (Å²) < 4.78 is 5.59. The van der Waals surface area contributed by atoms with Gasteiger partial charge in [-0.25, -0.2) is 0 Å². The molecule has 0 aliphatic carbocycles. The Kier molecular flexibility index (Phi) is 5.27. The van der Waals surface area contributed by atoms with Gasteiger partial charge in [0.15, 0.2) is 0 Å². The van der Waals surface area contributed by atoms with E-state index in [1.165, 1.54) is 32.0 Å². The molecule has 0 spiro atoms. The standard InChI is InChI=1S/C25H21OS/c1-2-26-23-15-13-21(14-16-23)25-18-22(19-9-5-3-6-10-19)17-24(27-25)20-11-7-4-8-12-20/h3-18H,2H2,1H3/q+1. The second-order valence-corrected chi connectivity index (χ2v) is 7.35. The molecule has 4 aromatic rings. The summed E-state index contributed by atoms with van der Waals surface area (Å²) in [4.78, 5) is 2.51. The van der Waals surface area contributed by atoms with E-state index >= 15 is 0 Å². The molecule has 2 heteroatoms. The Bertz CT molecular complexity index is 951. The zero-order valence-electron chi connectivity index (χ0n) is 15.3. The number of ether oxygens (including phenoxy) is 1. The van der Waals surface area contributed by atoms with Crippen LogP contribution in [0.4, 0.5) is 0 Å². The third-order valence-electron chi connectivity index (χ3n) is 4.41. The van der Waals surface area contributed by atoms with Crippen LogP contribution in [-0.2, 0) is 0 Å². The van der Waals surface area contributed by atoms with Gasteiger partial charge in [0.25, 0.3) is 0 Å². The fourth-order valence-corrected chi connectivity index (χ4v) is 4.18. The second-order valence-electron chi connectivity index (χ2n) is 6.26. The number of benzene rings is 3. The smallest absolute Gasteiger partial charge is 0.239 e. The molecule has 1 nitrogen and oxygen atoms in total. The predicted octanol–water partition coefficient (Wildman–Crippen LogP) is 7.43. The van der Waals surface area contributed by atoms with Crippen LogP contribution >= 0.6 is 11.3 Å². The molecule has 0 bridgehead atoms. The van der Waals surface area contributed by atoms with Gasteiger partial charge in [0.2, 0.25) is 21.1 Å². The summed E-state index contributed by atoms with van der Waals surface area (Å²) >= 11 is 1.82. The first kappa shape index (κ1) is 17.4. The van der Waals surface area contributed by atoms with E-state index in [0.29, 0.717) is 6.61 Å². The topological polar surface area (TPSA) is 9.23 Å². The molecule has 0 N–H and O–H groups in total. The first-order chi connectivity index (χ1) is 13.3. The van der Waals surface area contributed by atoms with Crippen molar-refractivity contribution >= 4 is 11.3 Å². The molecule has 0 saturated carbocycles. The van der Waals surface area contributed by atoms with Crippen LogP contribution < -0.4 is 4.74 Å². The van der Waals surface area contributed by atoms with Crippen LogP contribution in [0, 0.1) is 0 Å². The Labute approximate surface area is 164 Å². The third-order valence-corrected chi connectivity index (χ3v) is 5.56. The predicted molar refractivity (Wildman–Crippen MR) is 116 cm³/mol. The lowest BCUT2D eigenvalue weighted by molar-refractivity contribution is 0.340. The number of hydrogen-bond donors (Lipinski definition) is 0. The van der Waals surface area contributed by atoms with E-state index in [1.54, 1.807) is 0 Å². The van der Waals surface area contributed by atoms with Crippen molar-refractivity contribution in [3.8, 4) is 37.8 Å². The minimum Gasteiger partial charge on any atom is -0.494 e. The van der Waals surface area contributed by atoms with E-state index in [0.717, 1.165) is 5.75 Å². The van der Waals surface area contributed by atoms with Crippen molar-refractivity contribution in [3.05, 3.63) is 97.1 Å². The molecule has 1 aromatic heterocycles. The summed E-state index contributed by atoms with van der Waals surface area (Å²) in [6.45, 7) is 2.69. The molecule has 3 aromatic carbocycles. The van der Waals surface area contributed by atoms with Gasteiger partial charge in [0.1, 0.15) is 5.75 Å². The maximum absolute atomic E-state index is 5.59. The molecule has 1 heterocycles. The van der Waals surface area contributed by atoms with Crippen LogP contribution in [0.2, 0.25) is 0 Å². The quantitative estimate of drug-likeness (QED) is 0.332. The highest BCUT2D eigenvalue weighted by atomic mass is 32.1. The van der Waals surface area contributed by atoms with Gasteiger partial charge in [-0.15, -0.1) is 0 Å². The second kappa shape index (κ2) is 8.15. The van der Waals surface area contributed by atoms with Crippen molar-refractivity contribution < 1.29 is 4.74 Å². The van der Waals surface area contributed by atoms with Gasteiger partial charge in [-0.1, -0.05) is 48.5 Å². The maximum Gasteiger partial charge on any atom is 0.239 e. The first-order valence-electron chi connectivity index (χ1n) is 9.16. The monoisotopic (exact) mass is 369 g/mol. The summed E-state index contributed by atoms with van der Waals surface area (Å²) in [7, 11) is 0. The lowest BCUT2D eigenvalue weighted by Gasteiger charge is -2.04. The minimum atomic E-state index is 0.684. The van der Waals surface area contributed by atoms with Gasteiger partial charge in [0.05, 0.1) is 6.61 Å². The van der Waals surface area contributed by atoms with E-state index < -0.39 is 0 Å². The lowest BCUT2D eigenvalue weighted by Crippen LogP contribution is -1.90. The molecule has 0 aliphatic heterocycles. The van der Waals surface area contributed by atoms with Crippen LogP contribution in [0.1, 0.15) is 6.92 Å². The molecule has 0 saturated heterocycles. The van der Waals surface area contributed by atoms with Crippen LogP contribution in [-0.4, -0.2) is 6.61 Å². The molecular weight excluding hydrogens is 348 g/mol. The van der Waals surface area contributed by atoms with Crippen LogP contribution in [0.15, 0.2) is 97.1 Å². The van der Waals surface area contributed by atoms with Crippen LogP contribution in [0.3, 0.4) is 0 Å². The summed E-state index contributed by atoms with van der Waals surface area (Å²) in [5, 5.41) is 0. The molecule has 27 heavy (non-hydrogen) atoms. The fraction of sp³-hybridized carbons (Fsp3) is 0.0800. The van der Waals surface area contributed by atoms with E-state index in [1.807, 2.05) is 30.4 Å². The summed E-state index contributed by atoms with van der Waals surface area (Å²) in [5.41, 5.74) is 4.91. The Hall–Kier alpha value is -2.97. The van der Waals surface area contributed by atoms with Crippen molar-refractivity contribution in [1.82, 2.24) is 0 Å². The molecule has 4 rings (SSSR count).